The van der Waals surface area contributed by atoms with Gasteiger partial charge in [0.15, 0.2) is 0 Å². The van der Waals surface area contributed by atoms with Gasteiger partial charge in [-0.25, -0.2) is 4.39 Å². The number of hydrogen-bond acceptors (Lipinski definition) is 3. The first kappa shape index (κ1) is 15.5. The Morgan fingerprint density at radius 1 is 1.12 bits per heavy atom. The van der Waals surface area contributed by atoms with Crippen LogP contribution in [0.1, 0.15) is 16.5 Å². The first-order chi connectivity index (χ1) is 11.7. The van der Waals surface area contributed by atoms with Crippen molar-refractivity contribution in [2.45, 2.75) is 11.8 Å². The highest BCUT2D eigenvalue weighted by Gasteiger charge is 2.33. The average molecular weight is 342 g/mol. The minimum atomic E-state index is -0.235. The molecule has 24 heavy (non-hydrogen) atoms. The zero-order valence-corrected chi connectivity index (χ0v) is 14.1. The normalized spacial score (nSPS) is 19.6. The standard InChI is InChI=1S/C19H19FN2OS/c20-16-7-3-2-6-15(16)19-22(11-12-24-19)18(23)13-21-10-9-14-5-1-4-8-17(14)21/h1-8,19H,9-13H2/t19-/m0/s1. The van der Waals surface area contributed by atoms with Crippen molar-refractivity contribution in [2.75, 3.05) is 30.3 Å². The van der Waals surface area contributed by atoms with Gasteiger partial charge in [-0.15, -0.1) is 11.8 Å². The van der Waals surface area contributed by atoms with E-state index in [1.807, 2.05) is 23.1 Å². The van der Waals surface area contributed by atoms with Gasteiger partial charge in [0.1, 0.15) is 11.2 Å². The highest BCUT2D eigenvalue weighted by atomic mass is 32.2. The lowest BCUT2D eigenvalue weighted by molar-refractivity contribution is -0.129. The fraction of sp³-hybridized carbons (Fsp3) is 0.316. The Morgan fingerprint density at radius 2 is 1.92 bits per heavy atom. The summed E-state index contributed by atoms with van der Waals surface area (Å²) in [5, 5.41) is -0.212. The van der Waals surface area contributed by atoms with Crippen molar-refractivity contribution in [2.24, 2.45) is 0 Å². The van der Waals surface area contributed by atoms with Gasteiger partial charge in [-0.3, -0.25) is 4.79 Å². The number of thioether (sulfide) groups is 1. The van der Waals surface area contributed by atoms with Gasteiger partial charge in [-0.2, -0.15) is 0 Å². The third kappa shape index (κ3) is 2.77. The molecular weight excluding hydrogens is 323 g/mol. The molecular formula is C19H19FN2OS. The maximum atomic E-state index is 14.1. The second-order valence-electron chi connectivity index (χ2n) is 6.13. The molecule has 0 saturated carbocycles. The van der Waals surface area contributed by atoms with Crippen LogP contribution < -0.4 is 4.90 Å². The summed E-state index contributed by atoms with van der Waals surface area (Å²) in [6.45, 7) is 1.91. The summed E-state index contributed by atoms with van der Waals surface area (Å²) >= 11 is 1.64. The van der Waals surface area contributed by atoms with Crippen LogP contribution in [0.4, 0.5) is 10.1 Å². The van der Waals surface area contributed by atoms with Crippen LogP contribution in [0, 0.1) is 5.82 Å². The van der Waals surface area contributed by atoms with E-state index in [2.05, 4.69) is 17.0 Å². The first-order valence-corrected chi connectivity index (χ1v) is 9.27. The van der Waals surface area contributed by atoms with Gasteiger partial charge in [-0.05, 0) is 24.1 Å². The Kier molecular flexibility index (Phi) is 4.19. The number of rotatable bonds is 3. The molecule has 124 valence electrons. The Bertz CT molecular complexity index is 767. The summed E-state index contributed by atoms with van der Waals surface area (Å²) in [6, 6.07) is 15.0. The van der Waals surface area contributed by atoms with E-state index in [-0.39, 0.29) is 17.1 Å². The van der Waals surface area contributed by atoms with Crippen molar-refractivity contribution in [1.82, 2.24) is 4.90 Å². The molecule has 0 aromatic heterocycles. The molecule has 3 nitrogen and oxygen atoms in total. The number of carbonyl (C=O) groups is 1. The zero-order valence-electron chi connectivity index (χ0n) is 13.3. The van der Waals surface area contributed by atoms with Crippen molar-refractivity contribution in [3.8, 4) is 0 Å². The van der Waals surface area contributed by atoms with Gasteiger partial charge >= 0.3 is 0 Å². The zero-order chi connectivity index (χ0) is 16.5. The number of amides is 1. The van der Waals surface area contributed by atoms with Crippen LogP contribution in [0.5, 0.6) is 0 Å². The average Bonchev–Trinajstić information content (AvgIpc) is 3.23. The highest BCUT2D eigenvalue weighted by Crippen LogP contribution is 2.39. The summed E-state index contributed by atoms with van der Waals surface area (Å²) < 4.78 is 14.1. The number of benzene rings is 2. The molecule has 0 bridgehead atoms. The Morgan fingerprint density at radius 3 is 2.79 bits per heavy atom. The molecule has 0 aliphatic carbocycles. The summed E-state index contributed by atoms with van der Waals surface area (Å²) in [5.41, 5.74) is 3.06. The van der Waals surface area contributed by atoms with Crippen LogP contribution in [0.2, 0.25) is 0 Å². The number of carbonyl (C=O) groups excluding carboxylic acids is 1. The second kappa shape index (κ2) is 6.48. The van der Waals surface area contributed by atoms with Gasteiger partial charge in [-0.1, -0.05) is 36.4 Å². The second-order valence-corrected chi connectivity index (χ2v) is 7.32. The number of para-hydroxylation sites is 1. The molecule has 2 aromatic rings. The molecule has 0 N–H and O–H groups in total. The summed E-state index contributed by atoms with van der Waals surface area (Å²) in [4.78, 5) is 16.8. The number of anilines is 1. The van der Waals surface area contributed by atoms with Gasteiger partial charge < -0.3 is 9.80 Å². The molecule has 2 aliphatic rings. The Balaban J connectivity index is 1.51. The van der Waals surface area contributed by atoms with Crippen LogP contribution in [-0.4, -0.2) is 36.2 Å². The monoisotopic (exact) mass is 342 g/mol. The third-order valence-electron chi connectivity index (χ3n) is 4.69. The lowest BCUT2D eigenvalue weighted by Gasteiger charge is -2.27. The minimum Gasteiger partial charge on any atom is -0.362 e. The van der Waals surface area contributed by atoms with E-state index in [0.717, 1.165) is 24.4 Å². The molecule has 1 saturated heterocycles. The lowest BCUT2D eigenvalue weighted by Crippen LogP contribution is -2.39. The molecule has 2 aromatic carbocycles. The van der Waals surface area contributed by atoms with Crippen molar-refractivity contribution in [1.29, 1.82) is 0 Å². The van der Waals surface area contributed by atoms with E-state index in [0.29, 0.717) is 18.7 Å². The van der Waals surface area contributed by atoms with Crippen LogP contribution in [-0.2, 0) is 11.2 Å². The quantitative estimate of drug-likeness (QED) is 0.853. The van der Waals surface area contributed by atoms with Crippen molar-refractivity contribution in [3.05, 3.63) is 65.5 Å². The van der Waals surface area contributed by atoms with Crippen LogP contribution in [0.15, 0.2) is 48.5 Å². The summed E-state index contributed by atoms with van der Waals surface area (Å²) in [7, 11) is 0. The van der Waals surface area contributed by atoms with Gasteiger partial charge in [0, 0.05) is 30.1 Å². The lowest BCUT2D eigenvalue weighted by atomic mass is 10.2. The Labute approximate surface area is 145 Å². The molecule has 1 atom stereocenters. The van der Waals surface area contributed by atoms with Gasteiger partial charge in [0.05, 0.1) is 6.54 Å². The van der Waals surface area contributed by atoms with E-state index in [1.165, 1.54) is 11.6 Å². The number of nitrogens with zero attached hydrogens (tertiary/aromatic N) is 2. The van der Waals surface area contributed by atoms with Crippen LogP contribution in [0.3, 0.4) is 0 Å². The van der Waals surface area contributed by atoms with E-state index in [1.54, 1.807) is 23.9 Å². The molecule has 0 spiro atoms. The van der Waals surface area contributed by atoms with Crippen LogP contribution in [0.25, 0.3) is 0 Å². The number of hydrogen-bond donors (Lipinski definition) is 0. The summed E-state index contributed by atoms with van der Waals surface area (Å²) in [5.74, 6) is 0.688. The maximum Gasteiger partial charge on any atom is 0.243 e. The van der Waals surface area contributed by atoms with Crippen molar-refractivity contribution in [3.63, 3.8) is 0 Å². The van der Waals surface area contributed by atoms with E-state index in [9.17, 15) is 9.18 Å². The number of fused-ring (bicyclic) bond motifs is 1. The van der Waals surface area contributed by atoms with Crippen molar-refractivity contribution >= 4 is 23.4 Å². The third-order valence-corrected chi connectivity index (χ3v) is 5.93. The molecule has 4 rings (SSSR count). The fourth-order valence-corrected chi connectivity index (χ4v) is 4.78. The smallest absolute Gasteiger partial charge is 0.243 e. The SMILES string of the molecule is O=C(CN1CCc2ccccc21)N1CCS[C@H]1c1ccccc1F. The molecule has 5 heteroatoms. The molecule has 0 unspecified atom stereocenters. The molecule has 2 aliphatic heterocycles. The van der Waals surface area contributed by atoms with E-state index in [4.69, 9.17) is 0 Å². The first-order valence-electron chi connectivity index (χ1n) is 8.22. The molecule has 1 amide bonds. The Hall–Kier alpha value is -2.01. The van der Waals surface area contributed by atoms with Crippen molar-refractivity contribution < 1.29 is 9.18 Å². The molecule has 0 radical (unpaired) electrons. The molecule has 2 heterocycles. The predicted molar refractivity (Wildman–Crippen MR) is 95.7 cm³/mol. The van der Waals surface area contributed by atoms with E-state index < -0.39 is 0 Å². The largest absolute Gasteiger partial charge is 0.362 e. The minimum absolute atomic E-state index is 0.0740. The predicted octanol–water partition coefficient (Wildman–Crippen LogP) is 3.46. The van der Waals surface area contributed by atoms with Gasteiger partial charge in [0.2, 0.25) is 5.91 Å². The fourth-order valence-electron chi connectivity index (χ4n) is 3.48. The summed E-state index contributed by atoms with van der Waals surface area (Å²) in [6.07, 6.45) is 0.981. The number of halogens is 1. The molecule has 1 fully saturated rings. The highest BCUT2D eigenvalue weighted by molar-refractivity contribution is 7.99. The topological polar surface area (TPSA) is 23.6 Å². The van der Waals surface area contributed by atoms with E-state index >= 15 is 0 Å². The maximum absolute atomic E-state index is 14.1. The van der Waals surface area contributed by atoms with Crippen LogP contribution >= 0.6 is 11.8 Å². The van der Waals surface area contributed by atoms with Gasteiger partial charge in [0.25, 0.3) is 0 Å².